The van der Waals surface area contributed by atoms with E-state index in [9.17, 15) is 0 Å². The summed E-state index contributed by atoms with van der Waals surface area (Å²) in [5.41, 5.74) is 0.876. The molecule has 0 amide bonds. The molecule has 17 heavy (non-hydrogen) atoms. The van der Waals surface area contributed by atoms with Gasteiger partial charge in [0.25, 0.3) is 0 Å². The largest absolute Gasteiger partial charge is 0.493 e. The zero-order chi connectivity index (χ0) is 12.5. The topological polar surface area (TPSA) is 29.5 Å². The third-order valence-electron chi connectivity index (χ3n) is 2.79. The van der Waals surface area contributed by atoms with Crippen LogP contribution in [0.1, 0.15) is 32.3 Å². The predicted molar refractivity (Wildman–Crippen MR) is 70.0 cm³/mol. The molecule has 2 heteroatoms. The summed E-state index contributed by atoms with van der Waals surface area (Å²) in [6.45, 7) is 5.00. The minimum Gasteiger partial charge on any atom is -0.493 e. The second kappa shape index (κ2) is 7.76. The van der Waals surface area contributed by atoms with Crippen molar-refractivity contribution in [2.75, 3.05) is 13.2 Å². The molecule has 0 spiro atoms. The Morgan fingerprint density at radius 3 is 2.71 bits per heavy atom. The third kappa shape index (κ3) is 4.93. The lowest BCUT2D eigenvalue weighted by Gasteiger charge is -2.13. The molecule has 92 valence electrons. The fraction of sp³-hybridized carbons (Fsp3) is 0.467. The van der Waals surface area contributed by atoms with Gasteiger partial charge in [-0.2, -0.15) is 0 Å². The summed E-state index contributed by atoms with van der Waals surface area (Å²) < 4.78 is 5.74. The van der Waals surface area contributed by atoms with Crippen molar-refractivity contribution in [3.8, 4) is 17.6 Å². The molecule has 0 unspecified atom stereocenters. The van der Waals surface area contributed by atoms with E-state index in [2.05, 4.69) is 25.7 Å². The molecule has 1 N–H and O–H groups in total. The second-order valence-electron chi connectivity index (χ2n) is 3.98. The van der Waals surface area contributed by atoms with Crippen LogP contribution < -0.4 is 4.74 Å². The van der Waals surface area contributed by atoms with Crippen LogP contribution in [0.3, 0.4) is 0 Å². The molecule has 0 aromatic heterocycles. The molecule has 0 aliphatic heterocycles. The molecule has 0 bridgehead atoms. The first-order valence-corrected chi connectivity index (χ1v) is 6.12. The molecule has 0 aliphatic carbocycles. The monoisotopic (exact) mass is 232 g/mol. The number of rotatable bonds is 5. The van der Waals surface area contributed by atoms with Gasteiger partial charge in [0.05, 0.1) is 6.61 Å². The van der Waals surface area contributed by atoms with E-state index in [1.54, 1.807) is 0 Å². The number of aliphatic hydroxyl groups excluding tert-OH is 1. The summed E-state index contributed by atoms with van der Waals surface area (Å²) in [4.78, 5) is 0. The van der Waals surface area contributed by atoms with Gasteiger partial charge in [0.1, 0.15) is 12.4 Å². The van der Waals surface area contributed by atoms with Gasteiger partial charge in [-0.3, -0.25) is 0 Å². The van der Waals surface area contributed by atoms with Crippen LogP contribution in [0.25, 0.3) is 0 Å². The molecule has 0 radical (unpaired) electrons. The first kappa shape index (κ1) is 13.6. The number of hydrogen-bond acceptors (Lipinski definition) is 2. The van der Waals surface area contributed by atoms with Crippen molar-refractivity contribution in [1.82, 2.24) is 0 Å². The Kier molecular flexibility index (Phi) is 6.21. The van der Waals surface area contributed by atoms with E-state index in [1.165, 1.54) is 0 Å². The Morgan fingerprint density at radius 1 is 1.29 bits per heavy atom. The molecular weight excluding hydrogens is 212 g/mol. The highest BCUT2D eigenvalue weighted by atomic mass is 16.5. The maximum absolute atomic E-state index is 8.63. The molecule has 0 heterocycles. The molecule has 1 aromatic rings. The zero-order valence-electron chi connectivity index (χ0n) is 10.6. The van der Waals surface area contributed by atoms with Crippen LogP contribution in [0.4, 0.5) is 0 Å². The van der Waals surface area contributed by atoms with E-state index < -0.39 is 0 Å². The first-order chi connectivity index (χ1) is 8.30. The zero-order valence-corrected chi connectivity index (χ0v) is 10.6. The Hall–Kier alpha value is -1.46. The molecule has 0 aliphatic rings. The Bertz CT molecular complexity index is 383. The van der Waals surface area contributed by atoms with Crippen molar-refractivity contribution in [3.05, 3.63) is 29.8 Å². The van der Waals surface area contributed by atoms with Gasteiger partial charge in [0, 0.05) is 5.56 Å². The van der Waals surface area contributed by atoms with Gasteiger partial charge in [0.15, 0.2) is 0 Å². The lowest BCUT2D eigenvalue weighted by molar-refractivity contribution is 0.240. The van der Waals surface area contributed by atoms with E-state index >= 15 is 0 Å². The van der Waals surface area contributed by atoms with Gasteiger partial charge in [-0.1, -0.05) is 44.6 Å². The first-order valence-electron chi connectivity index (χ1n) is 6.12. The van der Waals surface area contributed by atoms with Crippen molar-refractivity contribution < 1.29 is 9.84 Å². The summed E-state index contributed by atoms with van der Waals surface area (Å²) in [5.74, 6) is 6.96. The molecule has 0 fully saturated rings. The van der Waals surface area contributed by atoms with Crippen LogP contribution in [-0.4, -0.2) is 18.3 Å². The number of hydrogen-bond donors (Lipinski definition) is 1. The van der Waals surface area contributed by atoms with Crippen molar-refractivity contribution in [3.63, 3.8) is 0 Å². The van der Waals surface area contributed by atoms with E-state index in [-0.39, 0.29) is 6.61 Å². The van der Waals surface area contributed by atoms with Crippen molar-refractivity contribution in [1.29, 1.82) is 0 Å². The third-order valence-corrected chi connectivity index (χ3v) is 2.79. The van der Waals surface area contributed by atoms with Gasteiger partial charge in [-0.15, -0.1) is 0 Å². The summed E-state index contributed by atoms with van der Waals surface area (Å²) >= 11 is 0. The van der Waals surface area contributed by atoms with E-state index in [0.717, 1.165) is 30.8 Å². The molecule has 0 atom stereocenters. The van der Waals surface area contributed by atoms with E-state index in [0.29, 0.717) is 5.92 Å². The summed E-state index contributed by atoms with van der Waals surface area (Å²) in [7, 11) is 0. The van der Waals surface area contributed by atoms with Crippen molar-refractivity contribution in [2.24, 2.45) is 5.92 Å². The van der Waals surface area contributed by atoms with Crippen LogP contribution in [0.15, 0.2) is 24.3 Å². The normalized spacial score (nSPS) is 9.88. The lowest BCUT2D eigenvalue weighted by atomic mass is 10.1. The van der Waals surface area contributed by atoms with Crippen LogP contribution >= 0.6 is 0 Å². The van der Waals surface area contributed by atoms with Gasteiger partial charge >= 0.3 is 0 Å². The van der Waals surface area contributed by atoms with E-state index in [4.69, 9.17) is 9.84 Å². The van der Waals surface area contributed by atoms with Crippen LogP contribution in [-0.2, 0) is 0 Å². The highest BCUT2D eigenvalue weighted by Gasteiger charge is 2.04. The fourth-order valence-corrected chi connectivity index (χ4v) is 1.54. The SMILES string of the molecule is CCC(CC)COc1cccc(C#CCO)c1. The maximum atomic E-state index is 8.63. The highest BCUT2D eigenvalue weighted by molar-refractivity contribution is 5.39. The average molecular weight is 232 g/mol. The molecule has 0 saturated carbocycles. The lowest BCUT2D eigenvalue weighted by Crippen LogP contribution is -2.10. The van der Waals surface area contributed by atoms with Crippen molar-refractivity contribution >= 4 is 0 Å². The minimum atomic E-state index is -0.112. The second-order valence-corrected chi connectivity index (χ2v) is 3.98. The molecule has 1 aromatic carbocycles. The highest BCUT2D eigenvalue weighted by Crippen LogP contribution is 2.15. The minimum absolute atomic E-state index is 0.112. The van der Waals surface area contributed by atoms with Gasteiger partial charge in [-0.25, -0.2) is 0 Å². The summed E-state index contributed by atoms with van der Waals surface area (Å²) in [6.07, 6.45) is 2.28. The molecular formula is C15H20O2. The van der Waals surface area contributed by atoms with Crippen LogP contribution in [0.2, 0.25) is 0 Å². The summed E-state index contributed by atoms with van der Waals surface area (Å²) in [6, 6.07) is 7.67. The summed E-state index contributed by atoms with van der Waals surface area (Å²) in [5, 5.41) is 8.63. The average Bonchev–Trinajstić information content (AvgIpc) is 2.38. The number of ether oxygens (including phenoxy) is 1. The van der Waals surface area contributed by atoms with Crippen molar-refractivity contribution in [2.45, 2.75) is 26.7 Å². The molecule has 0 saturated heterocycles. The molecule has 2 nitrogen and oxygen atoms in total. The predicted octanol–water partition coefficient (Wildman–Crippen LogP) is 2.85. The molecule has 1 rings (SSSR count). The van der Waals surface area contributed by atoms with Crippen LogP contribution in [0, 0.1) is 17.8 Å². The number of benzene rings is 1. The van der Waals surface area contributed by atoms with Gasteiger partial charge in [0.2, 0.25) is 0 Å². The Morgan fingerprint density at radius 2 is 2.06 bits per heavy atom. The quantitative estimate of drug-likeness (QED) is 0.791. The smallest absolute Gasteiger partial charge is 0.120 e. The Balaban J connectivity index is 2.59. The van der Waals surface area contributed by atoms with Crippen LogP contribution in [0.5, 0.6) is 5.75 Å². The van der Waals surface area contributed by atoms with E-state index in [1.807, 2.05) is 24.3 Å². The maximum Gasteiger partial charge on any atom is 0.120 e. The standard InChI is InChI=1S/C15H20O2/c1-3-13(4-2)12-17-15-9-5-7-14(11-15)8-6-10-16/h5,7,9,11,13,16H,3-4,10,12H2,1-2H3. The fourth-order valence-electron chi connectivity index (χ4n) is 1.54. The van der Waals surface area contributed by atoms with Gasteiger partial charge < -0.3 is 9.84 Å². The Labute approximate surface area is 104 Å². The number of aliphatic hydroxyl groups is 1. The van der Waals surface area contributed by atoms with Gasteiger partial charge in [-0.05, 0) is 24.1 Å².